The molecule has 0 spiro atoms. The summed E-state index contributed by atoms with van der Waals surface area (Å²) in [5.74, 6) is -0.537. The van der Waals surface area contributed by atoms with Crippen molar-refractivity contribution in [3.63, 3.8) is 0 Å². The second-order valence-electron chi connectivity index (χ2n) is 6.36. The Balaban J connectivity index is 2.05. The van der Waals surface area contributed by atoms with Crippen molar-refractivity contribution in [3.05, 3.63) is 27.4 Å². The molecule has 0 aliphatic carbocycles. The Morgan fingerprint density at radius 1 is 1.36 bits per heavy atom. The van der Waals surface area contributed by atoms with E-state index in [-0.39, 0.29) is 18.4 Å². The molecule has 2 heterocycles. The quantitative estimate of drug-likeness (QED) is 0.236. The zero-order chi connectivity index (χ0) is 18.4. The van der Waals surface area contributed by atoms with Crippen molar-refractivity contribution in [3.8, 4) is 0 Å². The number of cyclic esters (lactones) is 1. The fourth-order valence-corrected chi connectivity index (χ4v) is 4.34. The van der Waals surface area contributed by atoms with Crippen LogP contribution in [0, 0.1) is 5.41 Å². The highest BCUT2D eigenvalue weighted by Gasteiger charge is 2.54. The smallest absolute Gasteiger partial charge is 0.320 e. The molecule has 1 aromatic heterocycles. The van der Waals surface area contributed by atoms with Gasteiger partial charge in [0.15, 0.2) is 12.4 Å². The van der Waals surface area contributed by atoms with Crippen LogP contribution >= 0.6 is 31.9 Å². The highest BCUT2D eigenvalue weighted by atomic mass is 79.9. The number of pyridine rings is 1. The number of hydrogen-bond donors (Lipinski definition) is 0. The third-order valence-corrected chi connectivity index (χ3v) is 5.37. The van der Waals surface area contributed by atoms with E-state index in [0.29, 0.717) is 26.1 Å². The van der Waals surface area contributed by atoms with E-state index in [2.05, 4.69) is 38.8 Å². The summed E-state index contributed by atoms with van der Waals surface area (Å²) in [5.41, 5.74) is -1.07. The van der Waals surface area contributed by atoms with Crippen molar-refractivity contribution in [1.29, 1.82) is 0 Å². The largest absolute Gasteiger partial charge is 0.459 e. The number of carbonyl (C=O) groups is 2. The van der Waals surface area contributed by atoms with Crippen LogP contribution in [0.3, 0.4) is 0 Å². The Kier molecular flexibility index (Phi) is 7.58. The lowest BCUT2D eigenvalue weighted by Gasteiger charge is -2.19. The number of halogens is 2. The summed E-state index contributed by atoms with van der Waals surface area (Å²) in [6.07, 6.45) is 6.16. The Morgan fingerprint density at radius 2 is 2.04 bits per heavy atom. The number of ether oxygens (including phenoxy) is 2. The predicted molar refractivity (Wildman–Crippen MR) is 100.0 cm³/mol. The maximum Gasteiger partial charge on any atom is 0.320 e. The second-order valence-corrected chi connectivity index (χ2v) is 8.19. The van der Waals surface area contributed by atoms with E-state index in [1.54, 1.807) is 4.57 Å². The van der Waals surface area contributed by atoms with Gasteiger partial charge in [0.2, 0.25) is 12.3 Å². The molecule has 0 amide bonds. The lowest BCUT2D eigenvalue weighted by Crippen LogP contribution is -2.46. The van der Waals surface area contributed by atoms with Crippen LogP contribution in [0.5, 0.6) is 0 Å². The number of aromatic nitrogens is 1. The van der Waals surface area contributed by atoms with E-state index in [1.807, 2.05) is 25.4 Å². The van der Waals surface area contributed by atoms with E-state index in [1.165, 1.54) is 0 Å². The van der Waals surface area contributed by atoms with Gasteiger partial charge in [0.25, 0.3) is 0 Å². The van der Waals surface area contributed by atoms with Gasteiger partial charge in [-0.3, -0.25) is 9.59 Å². The minimum Gasteiger partial charge on any atom is -0.459 e. The van der Waals surface area contributed by atoms with E-state index in [4.69, 9.17) is 9.47 Å². The Hall–Kier alpha value is -0.790. The van der Waals surface area contributed by atoms with Crippen molar-refractivity contribution in [2.75, 3.05) is 13.2 Å². The molecule has 1 saturated heterocycles. The minimum absolute atomic E-state index is 0.119. The van der Waals surface area contributed by atoms with Gasteiger partial charge in [-0.25, -0.2) is 0 Å². The molecule has 0 saturated carbocycles. The van der Waals surface area contributed by atoms with Crippen molar-refractivity contribution >= 4 is 43.6 Å². The summed E-state index contributed by atoms with van der Waals surface area (Å²) >= 11 is 6.82. The van der Waals surface area contributed by atoms with Crippen molar-refractivity contribution < 1.29 is 23.6 Å². The molecule has 1 aliphatic heterocycles. The molecular weight excluding hydrogens is 454 g/mol. The highest BCUT2D eigenvalue weighted by Crippen LogP contribution is 2.38. The topological polar surface area (TPSA) is 56.5 Å². The van der Waals surface area contributed by atoms with Crippen LogP contribution in [0.25, 0.3) is 0 Å². The van der Waals surface area contributed by atoms with Crippen LogP contribution in [-0.2, 0) is 25.6 Å². The Morgan fingerprint density at radius 3 is 2.64 bits per heavy atom. The zero-order valence-corrected chi connectivity index (χ0v) is 17.8. The summed E-state index contributed by atoms with van der Waals surface area (Å²) in [5, 5.41) is 0. The zero-order valence-electron chi connectivity index (χ0n) is 14.6. The third-order valence-electron chi connectivity index (χ3n) is 4.50. The van der Waals surface area contributed by atoms with Crippen LogP contribution in [0.1, 0.15) is 39.5 Å². The summed E-state index contributed by atoms with van der Waals surface area (Å²) in [6.45, 7) is 5.10. The number of hydrogen-bond acceptors (Lipinski definition) is 4. The molecule has 1 aliphatic rings. The SMILES string of the molecule is CCCCOCC1CC(CC)(C(=O)C[n+]2cc(Br)cc(Br)c2)C(=O)O1. The van der Waals surface area contributed by atoms with Crippen LogP contribution in [0.2, 0.25) is 0 Å². The molecule has 0 N–H and O–H groups in total. The number of ketones is 1. The van der Waals surface area contributed by atoms with E-state index >= 15 is 0 Å². The Bertz CT molecular complexity index is 617. The fraction of sp³-hybridized carbons (Fsp3) is 0.611. The predicted octanol–water partition coefficient (Wildman–Crippen LogP) is 3.60. The normalized spacial score (nSPS) is 22.9. The highest BCUT2D eigenvalue weighted by molar-refractivity contribution is 9.11. The van der Waals surface area contributed by atoms with Gasteiger partial charge in [0.1, 0.15) is 11.5 Å². The minimum atomic E-state index is -1.07. The molecule has 1 fully saturated rings. The van der Waals surface area contributed by atoms with Crippen LogP contribution in [-0.4, -0.2) is 31.1 Å². The van der Waals surface area contributed by atoms with E-state index < -0.39 is 11.4 Å². The first-order chi connectivity index (χ1) is 11.9. The third kappa shape index (κ3) is 5.11. The summed E-state index contributed by atoms with van der Waals surface area (Å²) in [6, 6.07) is 1.89. The van der Waals surface area contributed by atoms with Crippen LogP contribution in [0.15, 0.2) is 27.4 Å². The molecule has 0 bridgehead atoms. The monoisotopic (exact) mass is 476 g/mol. The van der Waals surface area contributed by atoms with E-state index in [0.717, 1.165) is 21.8 Å². The maximum atomic E-state index is 12.9. The van der Waals surface area contributed by atoms with Crippen molar-refractivity contribution in [1.82, 2.24) is 0 Å². The lowest BCUT2D eigenvalue weighted by atomic mass is 9.78. The molecule has 138 valence electrons. The number of carbonyl (C=O) groups excluding carboxylic acids is 2. The van der Waals surface area contributed by atoms with Gasteiger partial charge >= 0.3 is 5.97 Å². The molecular formula is C18H24Br2NO4+. The molecule has 2 atom stereocenters. The standard InChI is InChI=1S/C18H24Br2NO4/c1-3-5-6-24-12-15-8-18(4-2,17(23)25-15)16(22)11-21-9-13(19)7-14(20)10-21/h7,9-10,15H,3-6,8,11-12H2,1-2H3/q+1. The van der Waals surface area contributed by atoms with Gasteiger partial charge in [-0.1, -0.05) is 20.3 Å². The molecule has 7 heteroatoms. The molecule has 0 aromatic carbocycles. The molecule has 25 heavy (non-hydrogen) atoms. The summed E-state index contributed by atoms with van der Waals surface area (Å²) in [7, 11) is 0. The molecule has 2 rings (SSSR count). The van der Waals surface area contributed by atoms with Gasteiger partial charge in [-0.2, -0.15) is 4.57 Å². The van der Waals surface area contributed by atoms with Crippen molar-refractivity contribution in [2.24, 2.45) is 5.41 Å². The maximum absolute atomic E-state index is 12.9. The number of Topliss-reactive ketones (excluding diaryl/α,β-unsaturated/α-hetero) is 1. The molecule has 0 radical (unpaired) electrons. The average Bonchev–Trinajstić information content (AvgIpc) is 2.87. The van der Waals surface area contributed by atoms with Gasteiger partial charge in [-0.05, 0) is 50.8 Å². The number of esters is 1. The average molecular weight is 478 g/mol. The lowest BCUT2D eigenvalue weighted by molar-refractivity contribution is -0.685. The second kappa shape index (κ2) is 9.24. The first-order valence-electron chi connectivity index (χ1n) is 8.58. The van der Waals surface area contributed by atoms with Crippen LogP contribution < -0.4 is 4.57 Å². The Labute approximate surface area is 165 Å². The van der Waals surface area contributed by atoms with Crippen molar-refractivity contribution in [2.45, 2.75) is 52.2 Å². The summed E-state index contributed by atoms with van der Waals surface area (Å²) in [4.78, 5) is 25.4. The van der Waals surface area contributed by atoms with Gasteiger partial charge in [-0.15, -0.1) is 0 Å². The first kappa shape index (κ1) is 20.5. The molecule has 5 nitrogen and oxygen atoms in total. The number of unbranched alkanes of at least 4 members (excludes halogenated alkanes) is 1. The van der Waals surface area contributed by atoms with Gasteiger partial charge in [0, 0.05) is 13.0 Å². The molecule has 2 unspecified atom stereocenters. The first-order valence-corrected chi connectivity index (χ1v) is 10.2. The number of rotatable bonds is 9. The van der Waals surface area contributed by atoms with Gasteiger partial charge in [0.05, 0.1) is 15.6 Å². The summed E-state index contributed by atoms with van der Waals surface area (Å²) < 4.78 is 14.5. The molecule has 1 aromatic rings. The van der Waals surface area contributed by atoms with Crippen LogP contribution in [0.4, 0.5) is 0 Å². The van der Waals surface area contributed by atoms with E-state index in [9.17, 15) is 9.59 Å². The number of nitrogens with zero attached hydrogens (tertiary/aromatic N) is 1. The fourth-order valence-electron chi connectivity index (χ4n) is 3.01. The van der Waals surface area contributed by atoms with Gasteiger partial charge < -0.3 is 9.47 Å².